The highest BCUT2D eigenvalue weighted by molar-refractivity contribution is 5.45. The number of unbranched alkanes of at least 4 members (excludes halogenated alkanes) is 1. The Hall–Kier alpha value is -1.96. The maximum Gasteiger partial charge on any atom is 0.118 e. The minimum absolute atomic E-state index is 0.832. The zero-order valence-corrected chi connectivity index (χ0v) is 12.4. The minimum Gasteiger partial charge on any atom is -0.497 e. The summed E-state index contributed by atoms with van der Waals surface area (Å²) in [5.41, 5.74) is 3.84. The van der Waals surface area contributed by atoms with Gasteiger partial charge in [0.05, 0.1) is 7.11 Å². The van der Waals surface area contributed by atoms with E-state index in [0.29, 0.717) is 0 Å². The number of anilines is 1. The Morgan fingerprint density at radius 3 is 2.15 bits per heavy atom. The van der Waals surface area contributed by atoms with Crippen LogP contribution in [0.5, 0.6) is 5.75 Å². The zero-order chi connectivity index (χ0) is 14.2. The van der Waals surface area contributed by atoms with E-state index in [9.17, 15) is 0 Å². The monoisotopic (exact) mass is 269 g/mol. The molecule has 106 valence electrons. The summed E-state index contributed by atoms with van der Waals surface area (Å²) in [5.74, 6) is 0.897. The largest absolute Gasteiger partial charge is 0.497 e. The fourth-order valence-electron chi connectivity index (χ4n) is 2.12. The fourth-order valence-corrected chi connectivity index (χ4v) is 2.12. The van der Waals surface area contributed by atoms with Crippen LogP contribution in [0.4, 0.5) is 5.69 Å². The summed E-state index contributed by atoms with van der Waals surface area (Å²) in [4.78, 5) is 0. The first kappa shape index (κ1) is 14.4. The average molecular weight is 269 g/mol. The molecule has 0 aromatic heterocycles. The van der Waals surface area contributed by atoms with Gasteiger partial charge < -0.3 is 10.1 Å². The Labute approximate surface area is 121 Å². The molecule has 2 rings (SSSR count). The molecule has 20 heavy (non-hydrogen) atoms. The van der Waals surface area contributed by atoms with E-state index in [0.717, 1.165) is 12.3 Å². The van der Waals surface area contributed by atoms with Gasteiger partial charge in [0.2, 0.25) is 0 Å². The number of nitrogens with one attached hydrogen (secondary N) is 1. The van der Waals surface area contributed by atoms with E-state index in [1.807, 2.05) is 12.1 Å². The topological polar surface area (TPSA) is 21.3 Å². The molecule has 2 nitrogen and oxygen atoms in total. The molecule has 0 aliphatic heterocycles. The first-order valence-corrected chi connectivity index (χ1v) is 7.27. The van der Waals surface area contributed by atoms with Crippen LogP contribution in [0, 0.1) is 0 Å². The molecule has 1 N–H and O–H groups in total. The van der Waals surface area contributed by atoms with Gasteiger partial charge in [-0.1, -0.05) is 37.6 Å². The summed E-state index contributed by atoms with van der Waals surface area (Å²) >= 11 is 0. The second-order valence-corrected chi connectivity index (χ2v) is 5.00. The van der Waals surface area contributed by atoms with Crippen molar-refractivity contribution in [2.75, 3.05) is 12.4 Å². The third kappa shape index (κ3) is 4.30. The van der Waals surface area contributed by atoms with Gasteiger partial charge in [-0.3, -0.25) is 0 Å². The third-order valence-electron chi connectivity index (χ3n) is 3.43. The van der Waals surface area contributed by atoms with Gasteiger partial charge in [-0.15, -0.1) is 0 Å². The molecule has 0 saturated heterocycles. The van der Waals surface area contributed by atoms with Crippen LogP contribution in [0.2, 0.25) is 0 Å². The molecule has 0 heterocycles. The summed E-state index contributed by atoms with van der Waals surface area (Å²) in [7, 11) is 1.69. The van der Waals surface area contributed by atoms with E-state index in [1.54, 1.807) is 7.11 Å². The summed E-state index contributed by atoms with van der Waals surface area (Å²) in [5, 5.41) is 3.44. The van der Waals surface area contributed by atoms with E-state index in [4.69, 9.17) is 4.74 Å². The number of ether oxygens (including phenoxy) is 1. The van der Waals surface area contributed by atoms with Crippen molar-refractivity contribution in [1.82, 2.24) is 0 Å². The quantitative estimate of drug-likeness (QED) is 0.790. The molecule has 0 unspecified atom stereocenters. The molecular weight excluding hydrogens is 246 g/mol. The van der Waals surface area contributed by atoms with Crippen LogP contribution in [0.15, 0.2) is 48.5 Å². The highest BCUT2D eigenvalue weighted by Gasteiger charge is 1.97. The van der Waals surface area contributed by atoms with Gasteiger partial charge in [0.25, 0.3) is 0 Å². The normalized spacial score (nSPS) is 10.3. The van der Waals surface area contributed by atoms with Crippen molar-refractivity contribution in [2.24, 2.45) is 0 Å². The first-order valence-electron chi connectivity index (χ1n) is 7.27. The summed E-state index contributed by atoms with van der Waals surface area (Å²) in [6.45, 7) is 3.06. The highest BCUT2D eigenvalue weighted by Crippen LogP contribution is 2.15. The fraction of sp³-hybridized carbons (Fsp3) is 0.333. The van der Waals surface area contributed by atoms with Crippen molar-refractivity contribution < 1.29 is 4.74 Å². The van der Waals surface area contributed by atoms with Gasteiger partial charge in [-0.2, -0.15) is 0 Å². The maximum absolute atomic E-state index is 5.16. The van der Waals surface area contributed by atoms with Crippen molar-refractivity contribution in [1.29, 1.82) is 0 Å². The van der Waals surface area contributed by atoms with Gasteiger partial charge in [0, 0.05) is 12.2 Å². The Morgan fingerprint density at radius 2 is 1.55 bits per heavy atom. The Bertz CT molecular complexity index is 502. The molecule has 2 aromatic carbocycles. The van der Waals surface area contributed by atoms with Crippen LogP contribution in [0.25, 0.3) is 0 Å². The van der Waals surface area contributed by atoms with Crippen molar-refractivity contribution in [3.63, 3.8) is 0 Å². The molecule has 0 aliphatic carbocycles. The lowest BCUT2D eigenvalue weighted by Crippen LogP contribution is -1.99. The van der Waals surface area contributed by atoms with Gasteiger partial charge >= 0.3 is 0 Å². The molecule has 2 aromatic rings. The van der Waals surface area contributed by atoms with E-state index in [2.05, 4.69) is 48.6 Å². The molecule has 0 amide bonds. The lowest BCUT2D eigenvalue weighted by atomic mass is 10.1. The second-order valence-electron chi connectivity index (χ2n) is 5.00. The van der Waals surface area contributed by atoms with Crippen LogP contribution in [-0.4, -0.2) is 7.11 Å². The third-order valence-corrected chi connectivity index (χ3v) is 3.43. The highest BCUT2D eigenvalue weighted by atomic mass is 16.5. The second kappa shape index (κ2) is 7.59. The van der Waals surface area contributed by atoms with Crippen molar-refractivity contribution in [2.45, 2.75) is 32.7 Å². The number of hydrogen-bond acceptors (Lipinski definition) is 2. The lowest BCUT2D eigenvalue weighted by Gasteiger charge is -2.08. The molecule has 0 fully saturated rings. The predicted octanol–water partition coefficient (Wildman–Crippen LogP) is 4.65. The predicted molar refractivity (Wildman–Crippen MR) is 85.4 cm³/mol. The maximum atomic E-state index is 5.16. The van der Waals surface area contributed by atoms with Crippen molar-refractivity contribution in [3.05, 3.63) is 59.7 Å². The van der Waals surface area contributed by atoms with Crippen LogP contribution in [-0.2, 0) is 13.0 Å². The van der Waals surface area contributed by atoms with E-state index in [1.165, 1.54) is 36.1 Å². The van der Waals surface area contributed by atoms with Crippen molar-refractivity contribution >= 4 is 5.69 Å². The van der Waals surface area contributed by atoms with Crippen LogP contribution < -0.4 is 10.1 Å². The van der Waals surface area contributed by atoms with Crippen LogP contribution >= 0.6 is 0 Å². The molecule has 0 spiro atoms. The summed E-state index contributed by atoms with van der Waals surface area (Å²) in [6, 6.07) is 16.9. The van der Waals surface area contributed by atoms with Crippen LogP contribution in [0.1, 0.15) is 30.9 Å². The zero-order valence-electron chi connectivity index (χ0n) is 12.4. The Morgan fingerprint density at radius 1 is 0.900 bits per heavy atom. The molecular formula is C18H23NO. The number of methoxy groups -OCH3 is 1. The van der Waals surface area contributed by atoms with Gasteiger partial charge in [0.15, 0.2) is 0 Å². The van der Waals surface area contributed by atoms with E-state index in [-0.39, 0.29) is 0 Å². The number of benzene rings is 2. The first-order chi connectivity index (χ1) is 9.81. The van der Waals surface area contributed by atoms with E-state index >= 15 is 0 Å². The van der Waals surface area contributed by atoms with Crippen molar-refractivity contribution in [3.8, 4) is 5.75 Å². The molecule has 0 atom stereocenters. The molecule has 0 bridgehead atoms. The number of rotatable bonds is 7. The van der Waals surface area contributed by atoms with Gasteiger partial charge in [-0.25, -0.2) is 0 Å². The Kier molecular flexibility index (Phi) is 5.48. The van der Waals surface area contributed by atoms with Gasteiger partial charge in [0.1, 0.15) is 5.75 Å². The number of hydrogen-bond donors (Lipinski definition) is 1. The van der Waals surface area contributed by atoms with Gasteiger partial charge in [-0.05, 0) is 48.2 Å². The molecule has 0 aliphatic rings. The lowest BCUT2D eigenvalue weighted by molar-refractivity contribution is 0.414. The van der Waals surface area contributed by atoms with E-state index < -0.39 is 0 Å². The summed E-state index contributed by atoms with van der Waals surface area (Å²) in [6.07, 6.45) is 3.69. The van der Waals surface area contributed by atoms with Crippen LogP contribution in [0.3, 0.4) is 0 Å². The Balaban J connectivity index is 1.86. The average Bonchev–Trinajstić information content (AvgIpc) is 2.52. The molecule has 0 radical (unpaired) electrons. The SMILES string of the molecule is CCCCc1ccc(NCc2ccc(OC)cc2)cc1. The summed E-state index contributed by atoms with van der Waals surface area (Å²) < 4.78 is 5.16. The minimum atomic E-state index is 0.832. The number of aryl methyl sites for hydroxylation is 1. The standard InChI is InChI=1S/C18H23NO/c1-3-4-5-15-6-10-17(11-7-15)19-14-16-8-12-18(20-2)13-9-16/h6-13,19H,3-5,14H2,1-2H3. The smallest absolute Gasteiger partial charge is 0.118 e. The molecule has 2 heteroatoms. The molecule has 0 saturated carbocycles.